The van der Waals surface area contributed by atoms with Gasteiger partial charge in [0, 0.05) is 17.1 Å². The van der Waals surface area contributed by atoms with Crippen LogP contribution in [0, 0.1) is 6.92 Å². The van der Waals surface area contributed by atoms with E-state index in [1.807, 2.05) is 73.7 Å². The van der Waals surface area contributed by atoms with Crippen molar-refractivity contribution < 1.29 is 8.42 Å². The first-order valence-corrected chi connectivity index (χ1v) is 10.1. The Balaban J connectivity index is 1.60. The Morgan fingerprint density at radius 1 is 0.769 bits per heavy atom. The van der Waals surface area contributed by atoms with Crippen molar-refractivity contribution in [3.63, 3.8) is 0 Å². The first-order valence-electron chi connectivity index (χ1n) is 8.49. The Labute approximate surface area is 155 Å². The summed E-state index contributed by atoms with van der Waals surface area (Å²) in [5, 5.41) is 3.33. The number of benzene rings is 3. The number of sulfonamides is 1. The molecule has 0 aliphatic carbocycles. The molecule has 0 amide bonds. The van der Waals surface area contributed by atoms with Gasteiger partial charge in [0.25, 0.3) is 0 Å². The molecule has 0 fully saturated rings. The Morgan fingerprint density at radius 2 is 1.38 bits per heavy atom. The average Bonchev–Trinajstić information content (AvgIpc) is 2.64. The number of hydrogen-bond donors (Lipinski definition) is 2. The van der Waals surface area contributed by atoms with Crippen LogP contribution in [-0.2, 0) is 16.4 Å². The summed E-state index contributed by atoms with van der Waals surface area (Å²) in [6.07, 6.45) is 0.489. The van der Waals surface area contributed by atoms with E-state index in [2.05, 4.69) is 10.0 Å². The first-order chi connectivity index (χ1) is 12.5. The molecule has 4 nitrogen and oxygen atoms in total. The zero-order valence-corrected chi connectivity index (χ0v) is 15.5. The molecular weight excluding hydrogens is 344 g/mol. The van der Waals surface area contributed by atoms with Crippen LogP contribution in [0.4, 0.5) is 17.1 Å². The Kier molecular flexibility index (Phi) is 5.58. The maximum Gasteiger partial charge on any atom is 0.233 e. The van der Waals surface area contributed by atoms with E-state index in [1.165, 1.54) is 0 Å². The van der Waals surface area contributed by atoms with Crippen molar-refractivity contribution in [2.45, 2.75) is 13.3 Å². The molecule has 3 aromatic rings. The van der Waals surface area contributed by atoms with E-state index in [1.54, 1.807) is 12.1 Å². The van der Waals surface area contributed by atoms with Crippen LogP contribution in [0.5, 0.6) is 0 Å². The molecule has 0 saturated heterocycles. The van der Waals surface area contributed by atoms with Gasteiger partial charge in [0.05, 0.1) is 5.75 Å². The lowest BCUT2D eigenvalue weighted by Crippen LogP contribution is -2.18. The van der Waals surface area contributed by atoms with Crippen molar-refractivity contribution in [1.82, 2.24) is 0 Å². The van der Waals surface area contributed by atoms with Crippen molar-refractivity contribution in [1.29, 1.82) is 0 Å². The van der Waals surface area contributed by atoms with E-state index < -0.39 is 10.0 Å². The van der Waals surface area contributed by atoms with E-state index >= 15 is 0 Å². The summed E-state index contributed by atoms with van der Waals surface area (Å²) in [6, 6.07) is 24.9. The fourth-order valence-corrected chi connectivity index (χ4v) is 3.72. The summed E-state index contributed by atoms with van der Waals surface area (Å²) in [5.41, 5.74) is 4.66. The normalized spacial score (nSPS) is 11.1. The van der Waals surface area contributed by atoms with Gasteiger partial charge in [-0.2, -0.15) is 0 Å². The second-order valence-corrected chi connectivity index (χ2v) is 8.02. The van der Waals surface area contributed by atoms with Gasteiger partial charge in [0.15, 0.2) is 0 Å². The van der Waals surface area contributed by atoms with Gasteiger partial charge in [-0.25, -0.2) is 8.42 Å². The molecule has 3 aromatic carbocycles. The number of nitrogens with one attached hydrogen (secondary N) is 2. The molecule has 3 rings (SSSR count). The van der Waals surface area contributed by atoms with Crippen LogP contribution in [0.25, 0.3) is 0 Å². The van der Waals surface area contributed by atoms with E-state index in [0.717, 1.165) is 22.5 Å². The van der Waals surface area contributed by atoms with Crippen LogP contribution < -0.4 is 10.0 Å². The molecule has 0 saturated carbocycles. The lowest BCUT2D eigenvalue weighted by atomic mass is 10.2. The molecule has 134 valence electrons. The second kappa shape index (κ2) is 8.06. The van der Waals surface area contributed by atoms with Crippen LogP contribution in [0.3, 0.4) is 0 Å². The molecule has 0 spiro atoms. The van der Waals surface area contributed by atoms with Crippen molar-refractivity contribution in [3.8, 4) is 0 Å². The molecule has 0 aromatic heterocycles. The molecule has 0 radical (unpaired) electrons. The first kappa shape index (κ1) is 18.0. The smallest absolute Gasteiger partial charge is 0.233 e. The van der Waals surface area contributed by atoms with E-state index in [9.17, 15) is 8.42 Å². The van der Waals surface area contributed by atoms with Gasteiger partial charge in [-0.1, -0.05) is 48.5 Å². The molecule has 2 N–H and O–H groups in total. The van der Waals surface area contributed by atoms with E-state index in [4.69, 9.17) is 0 Å². The number of anilines is 3. The number of hydrogen-bond acceptors (Lipinski definition) is 3. The average molecular weight is 366 g/mol. The second-order valence-electron chi connectivity index (χ2n) is 6.17. The highest BCUT2D eigenvalue weighted by Gasteiger charge is 2.10. The molecular formula is C21H22N2O2S. The molecule has 0 aliphatic heterocycles. The summed E-state index contributed by atoms with van der Waals surface area (Å²) in [5.74, 6) is 0.0558. The Morgan fingerprint density at radius 3 is 2.08 bits per heavy atom. The van der Waals surface area contributed by atoms with Crippen molar-refractivity contribution >= 4 is 27.1 Å². The quantitative estimate of drug-likeness (QED) is 0.636. The van der Waals surface area contributed by atoms with Crippen LogP contribution >= 0.6 is 0 Å². The largest absolute Gasteiger partial charge is 0.355 e. The van der Waals surface area contributed by atoms with E-state index in [-0.39, 0.29) is 5.75 Å². The van der Waals surface area contributed by atoms with Gasteiger partial charge in [-0.3, -0.25) is 4.72 Å². The highest BCUT2D eigenvalue weighted by Crippen LogP contribution is 2.22. The minimum atomic E-state index is -3.38. The third kappa shape index (κ3) is 5.10. The highest BCUT2D eigenvalue weighted by molar-refractivity contribution is 7.92. The maximum atomic E-state index is 12.3. The van der Waals surface area contributed by atoms with Crippen molar-refractivity contribution in [2.24, 2.45) is 0 Å². The fraction of sp³-hybridized carbons (Fsp3) is 0.143. The minimum absolute atomic E-state index is 0.0558. The van der Waals surface area contributed by atoms with Gasteiger partial charge >= 0.3 is 0 Å². The predicted molar refractivity (Wildman–Crippen MR) is 108 cm³/mol. The maximum absolute atomic E-state index is 12.3. The van der Waals surface area contributed by atoms with Gasteiger partial charge in [-0.15, -0.1) is 0 Å². The molecule has 5 heteroatoms. The standard InChI is InChI=1S/C21H22N2O2S/c1-17-7-5-6-10-21(17)22-19-11-13-20(14-12-19)23-26(24,25)16-15-18-8-3-2-4-9-18/h2-14,22-23H,15-16H2,1H3. The van der Waals surface area contributed by atoms with E-state index in [0.29, 0.717) is 12.1 Å². The van der Waals surface area contributed by atoms with Crippen molar-refractivity contribution in [3.05, 3.63) is 90.0 Å². The molecule has 0 heterocycles. The Hall–Kier alpha value is -2.79. The molecule has 0 bridgehead atoms. The SMILES string of the molecule is Cc1ccccc1Nc1ccc(NS(=O)(=O)CCc2ccccc2)cc1. The predicted octanol–water partition coefficient (Wildman–Crippen LogP) is 4.72. The Bertz CT molecular complexity index is 953. The lowest BCUT2D eigenvalue weighted by molar-refractivity contribution is 0.600. The highest BCUT2D eigenvalue weighted by atomic mass is 32.2. The fourth-order valence-electron chi connectivity index (χ4n) is 2.62. The monoisotopic (exact) mass is 366 g/mol. The molecule has 0 unspecified atom stereocenters. The zero-order valence-electron chi connectivity index (χ0n) is 14.6. The van der Waals surface area contributed by atoms with Gasteiger partial charge in [0.2, 0.25) is 10.0 Å². The minimum Gasteiger partial charge on any atom is -0.355 e. The number of rotatable bonds is 7. The molecule has 26 heavy (non-hydrogen) atoms. The van der Waals surface area contributed by atoms with Crippen LogP contribution in [0.1, 0.15) is 11.1 Å². The van der Waals surface area contributed by atoms with Gasteiger partial charge in [0.1, 0.15) is 0 Å². The van der Waals surface area contributed by atoms with Gasteiger partial charge in [-0.05, 0) is 54.8 Å². The third-order valence-corrected chi connectivity index (χ3v) is 5.37. The summed E-state index contributed by atoms with van der Waals surface area (Å²) >= 11 is 0. The summed E-state index contributed by atoms with van der Waals surface area (Å²) < 4.78 is 27.2. The number of para-hydroxylation sites is 1. The zero-order chi connectivity index (χ0) is 18.4. The lowest BCUT2D eigenvalue weighted by Gasteiger charge is -2.11. The molecule has 0 atom stereocenters. The summed E-state index contributed by atoms with van der Waals surface area (Å²) in [4.78, 5) is 0. The summed E-state index contributed by atoms with van der Waals surface area (Å²) in [6.45, 7) is 2.04. The van der Waals surface area contributed by atoms with Gasteiger partial charge < -0.3 is 5.32 Å². The topological polar surface area (TPSA) is 58.2 Å². The van der Waals surface area contributed by atoms with Crippen molar-refractivity contribution in [2.75, 3.05) is 15.8 Å². The summed E-state index contributed by atoms with van der Waals surface area (Å²) in [7, 11) is -3.38. The van der Waals surface area contributed by atoms with Crippen LogP contribution in [0.2, 0.25) is 0 Å². The van der Waals surface area contributed by atoms with Crippen LogP contribution in [-0.4, -0.2) is 14.2 Å². The third-order valence-electron chi connectivity index (χ3n) is 4.08. The number of aryl methyl sites for hydroxylation is 2. The van der Waals surface area contributed by atoms with Crippen LogP contribution in [0.15, 0.2) is 78.9 Å². The molecule has 0 aliphatic rings.